The number of benzene rings is 1. The predicted octanol–water partition coefficient (Wildman–Crippen LogP) is 2.40. The molecule has 0 aromatic heterocycles. The average Bonchev–Trinajstić information content (AvgIpc) is 2.30. The van der Waals surface area contributed by atoms with E-state index < -0.39 is 10.9 Å². The number of carbonyl (C=O) groups is 1. The molecule has 6 heteroatoms. The van der Waals surface area contributed by atoms with Crippen LogP contribution in [0, 0.1) is 10.1 Å². The van der Waals surface area contributed by atoms with Crippen molar-refractivity contribution >= 4 is 11.7 Å². The van der Waals surface area contributed by atoms with E-state index in [4.69, 9.17) is 9.84 Å². The number of carboxylic acid groups (broad SMARTS) is 1. The van der Waals surface area contributed by atoms with Crippen molar-refractivity contribution in [2.24, 2.45) is 0 Å². The van der Waals surface area contributed by atoms with Crippen molar-refractivity contribution in [2.75, 3.05) is 6.61 Å². The minimum Gasteiger partial charge on any atom is -0.493 e. The number of nitro groups is 1. The molecule has 0 aliphatic rings. The van der Waals surface area contributed by atoms with Crippen LogP contribution in [0.15, 0.2) is 18.2 Å². The number of carboxylic acids is 1. The molecule has 0 bridgehead atoms. The molecule has 0 heterocycles. The van der Waals surface area contributed by atoms with Crippen LogP contribution in [0.2, 0.25) is 0 Å². The fourth-order valence-corrected chi connectivity index (χ4v) is 1.45. The van der Waals surface area contributed by atoms with E-state index in [0.29, 0.717) is 12.4 Å². The number of aliphatic carboxylic acids is 1. The molecule has 6 nitrogen and oxygen atoms in total. The minimum absolute atomic E-state index is 0.176. The van der Waals surface area contributed by atoms with Crippen molar-refractivity contribution in [3.63, 3.8) is 0 Å². The summed E-state index contributed by atoms with van der Waals surface area (Å²) < 4.78 is 5.35. The Labute approximate surface area is 104 Å². The molecular weight excluding hydrogens is 238 g/mol. The normalized spacial score (nSPS) is 10.1. The molecule has 18 heavy (non-hydrogen) atoms. The van der Waals surface area contributed by atoms with Gasteiger partial charge in [-0.15, -0.1) is 0 Å². The molecule has 0 spiro atoms. The highest BCUT2D eigenvalue weighted by molar-refractivity contribution is 5.72. The molecule has 1 aromatic rings. The number of nitrogens with zero attached hydrogens (tertiary/aromatic N) is 1. The lowest BCUT2D eigenvalue weighted by molar-refractivity contribution is -0.385. The summed E-state index contributed by atoms with van der Waals surface area (Å²) >= 11 is 0. The molecule has 0 aliphatic carbocycles. The Morgan fingerprint density at radius 1 is 1.50 bits per heavy atom. The van der Waals surface area contributed by atoms with Crippen LogP contribution < -0.4 is 4.74 Å². The van der Waals surface area contributed by atoms with Gasteiger partial charge in [0.15, 0.2) is 0 Å². The predicted molar refractivity (Wildman–Crippen MR) is 64.8 cm³/mol. The van der Waals surface area contributed by atoms with Crippen LogP contribution in [0.25, 0.3) is 0 Å². The van der Waals surface area contributed by atoms with Gasteiger partial charge in [0.05, 0.1) is 24.0 Å². The summed E-state index contributed by atoms with van der Waals surface area (Å²) in [6.07, 6.45) is 1.47. The van der Waals surface area contributed by atoms with Crippen LogP contribution in [0.3, 0.4) is 0 Å². The third kappa shape index (κ3) is 4.04. The van der Waals surface area contributed by atoms with E-state index >= 15 is 0 Å². The van der Waals surface area contributed by atoms with Gasteiger partial charge < -0.3 is 9.84 Å². The first-order chi connectivity index (χ1) is 8.54. The van der Waals surface area contributed by atoms with Crippen molar-refractivity contribution in [1.29, 1.82) is 0 Å². The lowest BCUT2D eigenvalue weighted by Crippen LogP contribution is -2.04. The Balaban J connectivity index is 2.89. The summed E-state index contributed by atoms with van der Waals surface area (Å²) in [6, 6.07) is 4.25. The van der Waals surface area contributed by atoms with E-state index in [1.54, 1.807) is 6.07 Å². The molecule has 0 unspecified atom stereocenters. The van der Waals surface area contributed by atoms with Crippen LogP contribution in [0.5, 0.6) is 5.75 Å². The fraction of sp³-hybridized carbons (Fsp3) is 0.417. The maximum atomic E-state index is 10.8. The summed E-state index contributed by atoms with van der Waals surface area (Å²) in [5.41, 5.74) is -0.0401. The van der Waals surface area contributed by atoms with Gasteiger partial charge in [-0.05, 0) is 18.6 Å². The van der Waals surface area contributed by atoms with Gasteiger partial charge in [0, 0.05) is 5.56 Å². The van der Waals surface area contributed by atoms with Crippen molar-refractivity contribution in [3.05, 3.63) is 33.9 Å². The summed E-state index contributed by atoms with van der Waals surface area (Å²) in [5.74, 6) is -0.706. The second kappa shape index (κ2) is 6.58. The largest absolute Gasteiger partial charge is 0.493 e. The zero-order chi connectivity index (χ0) is 13.5. The molecule has 98 valence electrons. The Morgan fingerprint density at radius 3 is 2.78 bits per heavy atom. The van der Waals surface area contributed by atoms with Gasteiger partial charge in [-0.2, -0.15) is 0 Å². The van der Waals surface area contributed by atoms with Gasteiger partial charge in [0.1, 0.15) is 5.75 Å². The van der Waals surface area contributed by atoms with Crippen LogP contribution in [-0.4, -0.2) is 22.6 Å². The number of nitro benzene ring substituents is 1. The highest BCUT2D eigenvalue weighted by Crippen LogP contribution is 2.25. The Bertz CT molecular complexity index is 444. The highest BCUT2D eigenvalue weighted by Gasteiger charge is 2.17. The number of unbranched alkanes of at least 4 members (excludes halogenated alkanes) is 1. The Kier molecular flexibility index (Phi) is 5.10. The summed E-state index contributed by atoms with van der Waals surface area (Å²) in [4.78, 5) is 20.8. The van der Waals surface area contributed by atoms with Crippen LogP contribution in [0.4, 0.5) is 5.69 Å². The highest BCUT2D eigenvalue weighted by atomic mass is 16.6. The number of rotatable bonds is 7. The standard InChI is InChI=1S/C12H15NO5/c1-2-3-6-18-10-5-4-9(7-12(14)15)11(8-10)13(16)17/h4-5,8H,2-3,6-7H2,1H3,(H,14,15). The zero-order valence-corrected chi connectivity index (χ0v) is 10.1. The number of ether oxygens (including phenoxy) is 1. The quantitative estimate of drug-likeness (QED) is 0.457. The van der Waals surface area contributed by atoms with Crippen molar-refractivity contribution in [2.45, 2.75) is 26.2 Å². The molecule has 0 amide bonds. The first-order valence-corrected chi connectivity index (χ1v) is 5.66. The fourth-order valence-electron chi connectivity index (χ4n) is 1.45. The molecule has 1 aromatic carbocycles. The first-order valence-electron chi connectivity index (χ1n) is 5.66. The van der Waals surface area contributed by atoms with Gasteiger partial charge in [0.25, 0.3) is 5.69 Å². The molecule has 0 saturated carbocycles. The number of hydrogen-bond acceptors (Lipinski definition) is 4. The SMILES string of the molecule is CCCCOc1ccc(CC(=O)O)c([N+](=O)[O-])c1. The molecule has 0 radical (unpaired) electrons. The molecular formula is C12H15NO5. The van der Waals surface area contributed by atoms with Gasteiger partial charge in [-0.3, -0.25) is 14.9 Å². The molecule has 0 saturated heterocycles. The maximum absolute atomic E-state index is 10.8. The number of hydrogen-bond donors (Lipinski definition) is 1. The monoisotopic (exact) mass is 253 g/mol. The minimum atomic E-state index is -1.10. The van der Waals surface area contributed by atoms with Crippen molar-refractivity contribution in [3.8, 4) is 5.75 Å². The second-order valence-corrected chi connectivity index (χ2v) is 3.82. The smallest absolute Gasteiger partial charge is 0.308 e. The second-order valence-electron chi connectivity index (χ2n) is 3.82. The summed E-state index contributed by atoms with van der Waals surface area (Å²) in [5, 5.41) is 19.5. The Morgan fingerprint density at radius 2 is 2.22 bits per heavy atom. The third-order valence-corrected chi connectivity index (χ3v) is 2.36. The molecule has 0 aliphatic heterocycles. The summed E-state index contributed by atoms with van der Waals surface area (Å²) in [7, 11) is 0. The Hall–Kier alpha value is -2.11. The molecule has 1 rings (SSSR count). The first kappa shape index (κ1) is 14.0. The molecule has 1 N–H and O–H groups in total. The molecule has 0 fully saturated rings. The lowest BCUT2D eigenvalue weighted by Gasteiger charge is -2.06. The van der Waals surface area contributed by atoms with E-state index in [1.165, 1.54) is 12.1 Å². The van der Waals surface area contributed by atoms with E-state index in [0.717, 1.165) is 12.8 Å². The third-order valence-electron chi connectivity index (χ3n) is 2.36. The lowest BCUT2D eigenvalue weighted by atomic mass is 10.1. The zero-order valence-electron chi connectivity index (χ0n) is 10.1. The maximum Gasteiger partial charge on any atom is 0.308 e. The van der Waals surface area contributed by atoms with E-state index in [9.17, 15) is 14.9 Å². The van der Waals surface area contributed by atoms with Gasteiger partial charge >= 0.3 is 5.97 Å². The van der Waals surface area contributed by atoms with Crippen LogP contribution in [-0.2, 0) is 11.2 Å². The average molecular weight is 253 g/mol. The van der Waals surface area contributed by atoms with Gasteiger partial charge in [0.2, 0.25) is 0 Å². The van der Waals surface area contributed by atoms with E-state index in [1.807, 2.05) is 6.92 Å². The van der Waals surface area contributed by atoms with Gasteiger partial charge in [-0.25, -0.2) is 0 Å². The summed E-state index contributed by atoms with van der Waals surface area (Å²) in [6.45, 7) is 2.51. The molecule has 0 atom stereocenters. The topological polar surface area (TPSA) is 89.7 Å². The van der Waals surface area contributed by atoms with Crippen LogP contribution in [0.1, 0.15) is 25.3 Å². The van der Waals surface area contributed by atoms with Crippen molar-refractivity contribution in [1.82, 2.24) is 0 Å². The van der Waals surface area contributed by atoms with E-state index in [2.05, 4.69) is 0 Å². The van der Waals surface area contributed by atoms with Gasteiger partial charge in [-0.1, -0.05) is 13.3 Å². The van der Waals surface area contributed by atoms with E-state index in [-0.39, 0.29) is 17.7 Å². The van der Waals surface area contributed by atoms with Crippen molar-refractivity contribution < 1.29 is 19.6 Å². The van der Waals surface area contributed by atoms with Crippen LogP contribution >= 0.6 is 0 Å².